The average Bonchev–Trinajstić information content (AvgIpc) is 3.07. The quantitative estimate of drug-likeness (QED) is 0.878. The Balaban J connectivity index is 1.74. The average molecular weight is 291 g/mol. The topological polar surface area (TPSA) is 51.0 Å². The zero-order valence-electron chi connectivity index (χ0n) is 11.8. The summed E-state index contributed by atoms with van der Waals surface area (Å²) in [6.07, 6.45) is 6.97. The monoisotopic (exact) mass is 291 g/mol. The van der Waals surface area contributed by atoms with Crippen LogP contribution in [0.3, 0.4) is 0 Å². The molecule has 1 N–H and O–H groups in total. The molecule has 20 heavy (non-hydrogen) atoms. The molecule has 0 radical (unpaired) electrons. The van der Waals surface area contributed by atoms with Crippen LogP contribution in [0.25, 0.3) is 0 Å². The minimum Gasteiger partial charge on any atom is -0.339 e. The molecule has 2 aromatic heterocycles. The molecule has 2 heterocycles. The highest BCUT2D eigenvalue weighted by atomic mass is 32.1. The van der Waals surface area contributed by atoms with Crippen molar-refractivity contribution < 1.29 is 4.52 Å². The van der Waals surface area contributed by atoms with E-state index in [1.807, 2.05) is 7.05 Å². The Bertz CT molecular complexity index is 523. The molecular formula is C15H21N3OS. The van der Waals surface area contributed by atoms with Gasteiger partial charge >= 0.3 is 0 Å². The van der Waals surface area contributed by atoms with E-state index in [-0.39, 0.29) is 0 Å². The highest BCUT2D eigenvalue weighted by molar-refractivity contribution is 7.09. The second-order valence-corrected chi connectivity index (χ2v) is 6.48. The Morgan fingerprint density at radius 2 is 2.25 bits per heavy atom. The van der Waals surface area contributed by atoms with Gasteiger partial charge in [0.05, 0.1) is 5.92 Å². The Morgan fingerprint density at radius 1 is 1.35 bits per heavy atom. The number of thiophene rings is 1. The van der Waals surface area contributed by atoms with Crippen molar-refractivity contribution in [3.05, 3.63) is 34.1 Å². The lowest BCUT2D eigenvalue weighted by atomic mass is 9.95. The molecule has 1 saturated carbocycles. The molecule has 1 aliphatic rings. The molecule has 3 rings (SSSR count). The Morgan fingerprint density at radius 3 is 3.05 bits per heavy atom. The highest BCUT2D eigenvalue weighted by Gasteiger charge is 2.28. The van der Waals surface area contributed by atoms with E-state index in [4.69, 9.17) is 4.52 Å². The second-order valence-electron chi connectivity index (χ2n) is 5.44. The molecule has 108 valence electrons. The van der Waals surface area contributed by atoms with Gasteiger partial charge in [0.2, 0.25) is 5.89 Å². The van der Waals surface area contributed by atoms with Gasteiger partial charge < -0.3 is 9.84 Å². The smallest absolute Gasteiger partial charge is 0.231 e. The molecule has 2 aromatic rings. The van der Waals surface area contributed by atoms with E-state index >= 15 is 0 Å². The van der Waals surface area contributed by atoms with Gasteiger partial charge in [-0.3, -0.25) is 0 Å². The van der Waals surface area contributed by atoms with Crippen LogP contribution in [-0.4, -0.2) is 23.2 Å². The minimum absolute atomic E-state index is 0.368. The van der Waals surface area contributed by atoms with E-state index in [0.717, 1.165) is 24.6 Å². The standard InChI is InChI=1S/C15H21N3OS/c1-16-13-8-4-2-3-7-12(13)15-17-14(18-19-15)10-11-6-5-9-20-11/h5-6,9,12-13,16H,2-4,7-8,10H2,1H3. The zero-order chi connectivity index (χ0) is 13.8. The maximum atomic E-state index is 5.54. The van der Waals surface area contributed by atoms with Crippen LogP contribution in [0.15, 0.2) is 22.0 Å². The number of rotatable bonds is 4. The van der Waals surface area contributed by atoms with E-state index in [1.165, 1.54) is 30.6 Å². The summed E-state index contributed by atoms with van der Waals surface area (Å²) in [4.78, 5) is 5.92. The normalized spacial score (nSPS) is 23.6. The summed E-state index contributed by atoms with van der Waals surface area (Å²) < 4.78 is 5.54. The van der Waals surface area contributed by atoms with Crippen molar-refractivity contribution in [3.63, 3.8) is 0 Å². The van der Waals surface area contributed by atoms with Crippen molar-refractivity contribution in [1.29, 1.82) is 0 Å². The van der Waals surface area contributed by atoms with Gasteiger partial charge in [-0.1, -0.05) is 30.5 Å². The Hall–Kier alpha value is -1.20. The number of nitrogens with one attached hydrogen (secondary N) is 1. The fourth-order valence-electron chi connectivity index (χ4n) is 3.01. The zero-order valence-corrected chi connectivity index (χ0v) is 12.7. The molecule has 0 amide bonds. The van der Waals surface area contributed by atoms with Gasteiger partial charge in [-0.25, -0.2) is 0 Å². The van der Waals surface area contributed by atoms with Gasteiger partial charge in [0.1, 0.15) is 0 Å². The first-order chi connectivity index (χ1) is 9.86. The maximum absolute atomic E-state index is 5.54. The number of aromatic nitrogens is 2. The predicted octanol–water partition coefficient (Wildman–Crippen LogP) is 3.36. The summed E-state index contributed by atoms with van der Waals surface area (Å²) in [5.74, 6) is 1.99. The molecule has 1 fully saturated rings. The lowest BCUT2D eigenvalue weighted by molar-refractivity contribution is 0.309. The first kappa shape index (κ1) is 13.8. The van der Waals surface area contributed by atoms with Gasteiger partial charge in [0.25, 0.3) is 0 Å². The molecular weight excluding hydrogens is 270 g/mol. The summed E-state index contributed by atoms with van der Waals surface area (Å²) >= 11 is 1.74. The summed E-state index contributed by atoms with van der Waals surface area (Å²) in [6.45, 7) is 0. The molecule has 0 spiro atoms. The fourth-order valence-corrected chi connectivity index (χ4v) is 3.71. The van der Waals surface area contributed by atoms with Crippen molar-refractivity contribution in [3.8, 4) is 0 Å². The van der Waals surface area contributed by atoms with Crippen LogP contribution in [-0.2, 0) is 6.42 Å². The van der Waals surface area contributed by atoms with E-state index in [0.29, 0.717) is 12.0 Å². The van der Waals surface area contributed by atoms with Gasteiger partial charge in [-0.05, 0) is 31.3 Å². The van der Waals surface area contributed by atoms with Gasteiger partial charge in [-0.2, -0.15) is 4.98 Å². The van der Waals surface area contributed by atoms with Crippen LogP contribution in [0, 0.1) is 0 Å². The minimum atomic E-state index is 0.368. The largest absolute Gasteiger partial charge is 0.339 e. The van der Waals surface area contributed by atoms with Crippen molar-refractivity contribution in [1.82, 2.24) is 15.5 Å². The van der Waals surface area contributed by atoms with Crippen LogP contribution >= 0.6 is 11.3 Å². The number of nitrogens with zero attached hydrogens (tertiary/aromatic N) is 2. The van der Waals surface area contributed by atoms with Crippen molar-refractivity contribution in [2.45, 2.75) is 50.5 Å². The Kier molecular flexibility index (Phi) is 4.47. The highest BCUT2D eigenvalue weighted by Crippen LogP contribution is 2.31. The van der Waals surface area contributed by atoms with Crippen molar-refractivity contribution in [2.24, 2.45) is 0 Å². The van der Waals surface area contributed by atoms with Crippen LogP contribution in [0.4, 0.5) is 0 Å². The van der Waals surface area contributed by atoms with Crippen molar-refractivity contribution >= 4 is 11.3 Å². The lowest BCUT2D eigenvalue weighted by Crippen LogP contribution is -2.31. The predicted molar refractivity (Wildman–Crippen MR) is 80.1 cm³/mol. The number of hydrogen-bond acceptors (Lipinski definition) is 5. The summed E-state index contributed by atoms with van der Waals surface area (Å²) in [5.41, 5.74) is 0. The van der Waals surface area contributed by atoms with Crippen LogP contribution < -0.4 is 5.32 Å². The molecule has 5 heteroatoms. The van der Waals surface area contributed by atoms with E-state index in [2.05, 4.69) is 33.0 Å². The van der Waals surface area contributed by atoms with E-state index in [9.17, 15) is 0 Å². The van der Waals surface area contributed by atoms with Crippen LogP contribution in [0.1, 0.15) is 54.6 Å². The molecule has 0 aliphatic heterocycles. The van der Waals surface area contributed by atoms with Crippen LogP contribution in [0.5, 0.6) is 0 Å². The third-order valence-electron chi connectivity index (χ3n) is 4.10. The maximum Gasteiger partial charge on any atom is 0.231 e. The van der Waals surface area contributed by atoms with E-state index in [1.54, 1.807) is 11.3 Å². The summed E-state index contributed by atoms with van der Waals surface area (Å²) in [6, 6.07) is 4.64. The molecule has 1 aliphatic carbocycles. The van der Waals surface area contributed by atoms with Gasteiger partial charge in [0.15, 0.2) is 5.82 Å². The fraction of sp³-hybridized carbons (Fsp3) is 0.600. The lowest BCUT2D eigenvalue weighted by Gasteiger charge is -2.20. The van der Waals surface area contributed by atoms with E-state index < -0.39 is 0 Å². The molecule has 2 atom stereocenters. The first-order valence-electron chi connectivity index (χ1n) is 7.39. The third-order valence-corrected chi connectivity index (χ3v) is 4.98. The molecule has 2 unspecified atom stereocenters. The molecule has 0 bridgehead atoms. The number of hydrogen-bond donors (Lipinski definition) is 1. The van der Waals surface area contributed by atoms with Crippen molar-refractivity contribution in [2.75, 3.05) is 7.05 Å². The second kappa shape index (κ2) is 6.50. The molecule has 4 nitrogen and oxygen atoms in total. The third kappa shape index (κ3) is 3.10. The molecule has 0 aromatic carbocycles. The van der Waals surface area contributed by atoms with Crippen LogP contribution in [0.2, 0.25) is 0 Å². The SMILES string of the molecule is CNC1CCCCCC1c1nc(Cc2cccs2)no1. The van der Waals surface area contributed by atoms with Gasteiger partial charge in [-0.15, -0.1) is 11.3 Å². The summed E-state index contributed by atoms with van der Waals surface area (Å²) in [5, 5.41) is 9.66. The number of likely N-dealkylation sites (N-methyl/N-ethyl adjacent to an activating group) is 1. The summed E-state index contributed by atoms with van der Waals surface area (Å²) in [7, 11) is 2.03. The Labute approximate surface area is 123 Å². The molecule has 0 saturated heterocycles. The first-order valence-corrected chi connectivity index (χ1v) is 8.27. The van der Waals surface area contributed by atoms with Gasteiger partial charge in [0, 0.05) is 17.3 Å².